The molecule has 0 N–H and O–H groups in total. The number of carbonyl (C=O) groups excluding carboxylic acids is 1. The second kappa shape index (κ2) is 13.2. The topological polar surface area (TPSA) is 20.3 Å². The van der Waals surface area contributed by atoms with Gasteiger partial charge in [0, 0.05) is 34.8 Å². The van der Waals surface area contributed by atoms with Crippen molar-refractivity contribution in [1.29, 1.82) is 0 Å². The first-order chi connectivity index (χ1) is 12.1. The normalized spacial score (nSPS) is 11.2. The summed E-state index contributed by atoms with van der Waals surface area (Å²) in [6, 6.07) is 5.37. The van der Waals surface area contributed by atoms with Crippen molar-refractivity contribution in [3.63, 3.8) is 0 Å². The molecule has 0 heterocycles. The van der Waals surface area contributed by atoms with Gasteiger partial charge in [-0.2, -0.15) is 0 Å². The van der Waals surface area contributed by atoms with Crippen molar-refractivity contribution in [3.8, 4) is 0 Å². The van der Waals surface area contributed by atoms with Gasteiger partial charge in [0.25, 0.3) is 0 Å². The van der Waals surface area contributed by atoms with Crippen molar-refractivity contribution in [2.24, 2.45) is 0 Å². The van der Waals surface area contributed by atoms with E-state index in [2.05, 4.69) is 13.8 Å². The van der Waals surface area contributed by atoms with Gasteiger partial charge in [0.1, 0.15) is 0 Å². The second-order valence-corrected chi connectivity index (χ2v) is 7.23. The van der Waals surface area contributed by atoms with Crippen LogP contribution in [0.3, 0.4) is 0 Å². The Labute approximate surface area is 163 Å². The van der Waals surface area contributed by atoms with E-state index in [1.54, 1.807) is 30.4 Å². The minimum Gasteiger partial charge on any atom is -0.339 e. The lowest BCUT2D eigenvalue weighted by Gasteiger charge is -2.21. The lowest BCUT2D eigenvalue weighted by Crippen LogP contribution is -2.31. The minimum absolute atomic E-state index is 0.0454. The van der Waals surface area contributed by atoms with E-state index in [1.807, 2.05) is 4.90 Å². The molecule has 1 amide bonds. The third-order valence-corrected chi connectivity index (χ3v) is 4.93. The number of rotatable bonds is 12. The number of carbonyl (C=O) groups is 1. The first-order valence-corrected chi connectivity index (χ1v) is 10.3. The molecule has 0 aromatic heterocycles. The average molecular weight is 384 g/mol. The van der Waals surface area contributed by atoms with Crippen LogP contribution in [0.2, 0.25) is 10.0 Å². The molecular weight excluding hydrogens is 353 g/mol. The van der Waals surface area contributed by atoms with Gasteiger partial charge in [0.05, 0.1) is 0 Å². The zero-order valence-electron chi connectivity index (χ0n) is 15.6. The van der Waals surface area contributed by atoms with Crippen LogP contribution in [0.25, 0.3) is 6.08 Å². The Bertz CT molecular complexity index is 510. The quantitative estimate of drug-likeness (QED) is 0.281. The fourth-order valence-corrected chi connectivity index (χ4v) is 3.24. The molecular formula is C21H31Cl2NO. The van der Waals surface area contributed by atoms with Gasteiger partial charge in [-0.3, -0.25) is 4.79 Å². The Hall–Kier alpha value is -0.990. The molecule has 0 atom stereocenters. The molecule has 140 valence electrons. The lowest BCUT2D eigenvalue weighted by molar-refractivity contribution is -0.126. The Kier molecular flexibility index (Phi) is 11.7. The Morgan fingerprint density at radius 1 is 0.920 bits per heavy atom. The molecule has 0 fully saturated rings. The number of halogens is 2. The molecule has 4 heteroatoms. The number of benzene rings is 1. The number of hydrogen-bond donors (Lipinski definition) is 0. The maximum atomic E-state index is 12.6. The van der Waals surface area contributed by atoms with Gasteiger partial charge in [-0.1, -0.05) is 81.6 Å². The van der Waals surface area contributed by atoms with Gasteiger partial charge in [-0.05, 0) is 31.1 Å². The van der Waals surface area contributed by atoms with Crippen LogP contribution in [0, 0.1) is 0 Å². The second-order valence-electron chi connectivity index (χ2n) is 6.42. The summed E-state index contributed by atoms with van der Waals surface area (Å²) >= 11 is 12.3. The predicted molar refractivity (Wildman–Crippen MR) is 110 cm³/mol. The number of nitrogens with zero attached hydrogens (tertiary/aromatic N) is 1. The molecule has 0 saturated carbocycles. The number of hydrogen-bond acceptors (Lipinski definition) is 1. The third kappa shape index (κ3) is 8.78. The van der Waals surface area contributed by atoms with E-state index >= 15 is 0 Å². The van der Waals surface area contributed by atoms with E-state index in [0.717, 1.165) is 25.9 Å². The highest BCUT2D eigenvalue weighted by Gasteiger charge is 2.11. The summed E-state index contributed by atoms with van der Waals surface area (Å²) < 4.78 is 0. The van der Waals surface area contributed by atoms with Crippen LogP contribution in [0.4, 0.5) is 0 Å². The summed E-state index contributed by atoms with van der Waals surface area (Å²) in [7, 11) is 0. The average Bonchev–Trinajstić information content (AvgIpc) is 2.59. The Morgan fingerprint density at radius 3 is 1.92 bits per heavy atom. The summed E-state index contributed by atoms with van der Waals surface area (Å²) in [5.74, 6) is 0.0454. The molecule has 0 aliphatic carbocycles. The van der Waals surface area contributed by atoms with Crippen LogP contribution in [0.1, 0.15) is 70.8 Å². The van der Waals surface area contributed by atoms with E-state index in [4.69, 9.17) is 23.2 Å². The molecule has 25 heavy (non-hydrogen) atoms. The monoisotopic (exact) mass is 383 g/mol. The summed E-state index contributed by atoms with van der Waals surface area (Å²) in [6.45, 7) is 6.05. The van der Waals surface area contributed by atoms with Gasteiger partial charge >= 0.3 is 0 Å². The van der Waals surface area contributed by atoms with E-state index in [0.29, 0.717) is 15.6 Å². The molecule has 0 unspecified atom stereocenters. The lowest BCUT2D eigenvalue weighted by atomic mass is 10.1. The predicted octanol–water partition coefficient (Wildman–Crippen LogP) is 7.00. The van der Waals surface area contributed by atoms with Crippen molar-refractivity contribution >= 4 is 35.2 Å². The van der Waals surface area contributed by atoms with Crippen LogP contribution in [0.5, 0.6) is 0 Å². The molecule has 0 bridgehead atoms. The zero-order chi connectivity index (χ0) is 18.5. The molecule has 1 aromatic rings. The van der Waals surface area contributed by atoms with Crippen LogP contribution < -0.4 is 0 Å². The zero-order valence-corrected chi connectivity index (χ0v) is 17.1. The highest BCUT2D eigenvalue weighted by molar-refractivity contribution is 6.37. The highest BCUT2D eigenvalue weighted by atomic mass is 35.5. The molecule has 2 nitrogen and oxygen atoms in total. The molecule has 1 rings (SSSR count). The minimum atomic E-state index is 0.0454. The van der Waals surface area contributed by atoms with Crippen molar-refractivity contribution in [1.82, 2.24) is 4.90 Å². The largest absolute Gasteiger partial charge is 0.339 e. The van der Waals surface area contributed by atoms with Crippen molar-refractivity contribution in [3.05, 3.63) is 39.9 Å². The van der Waals surface area contributed by atoms with Crippen LogP contribution in [-0.4, -0.2) is 23.9 Å². The third-order valence-electron chi connectivity index (χ3n) is 4.27. The van der Waals surface area contributed by atoms with Gasteiger partial charge < -0.3 is 4.90 Å². The van der Waals surface area contributed by atoms with E-state index < -0.39 is 0 Å². The smallest absolute Gasteiger partial charge is 0.246 e. The fraction of sp³-hybridized carbons (Fsp3) is 0.571. The van der Waals surface area contributed by atoms with Crippen LogP contribution >= 0.6 is 23.2 Å². The summed E-state index contributed by atoms with van der Waals surface area (Å²) in [5.41, 5.74) is 0.705. The van der Waals surface area contributed by atoms with E-state index in [9.17, 15) is 4.79 Å². The SMILES string of the molecule is CCCCCCN(CCCCCC)C(=O)C=Cc1c(Cl)cccc1Cl. The van der Waals surface area contributed by atoms with Crippen LogP contribution in [0.15, 0.2) is 24.3 Å². The van der Waals surface area contributed by atoms with Gasteiger partial charge in [0.15, 0.2) is 0 Å². The molecule has 0 aliphatic rings. The van der Waals surface area contributed by atoms with Gasteiger partial charge in [-0.15, -0.1) is 0 Å². The van der Waals surface area contributed by atoms with Crippen LogP contribution in [-0.2, 0) is 4.79 Å². The molecule has 1 aromatic carbocycles. The standard InChI is InChI=1S/C21H31Cl2NO/c1-3-5-7-9-16-24(17-10-8-6-4-2)21(25)15-14-18-19(22)12-11-13-20(18)23/h11-15H,3-10,16-17H2,1-2H3. The van der Waals surface area contributed by atoms with Crippen molar-refractivity contribution in [2.45, 2.75) is 65.2 Å². The van der Waals surface area contributed by atoms with E-state index in [-0.39, 0.29) is 5.91 Å². The molecule has 0 saturated heterocycles. The molecule has 0 aliphatic heterocycles. The fourth-order valence-electron chi connectivity index (χ4n) is 2.72. The van der Waals surface area contributed by atoms with Gasteiger partial charge in [0.2, 0.25) is 5.91 Å². The summed E-state index contributed by atoms with van der Waals surface area (Å²) in [5, 5.41) is 1.13. The number of amides is 1. The maximum absolute atomic E-state index is 12.6. The Morgan fingerprint density at radius 2 is 1.44 bits per heavy atom. The van der Waals surface area contributed by atoms with Gasteiger partial charge in [-0.25, -0.2) is 0 Å². The number of unbranched alkanes of at least 4 members (excludes halogenated alkanes) is 6. The summed E-state index contributed by atoms with van der Waals surface area (Å²) in [4.78, 5) is 14.6. The first-order valence-electron chi connectivity index (χ1n) is 9.51. The van der Waals surface area contributed by atoms with E-state index in [1.165, 1.54) is 38.5 Å². The first kappa shape index (κ1) is 22.1. The van der Waals surface area contributed by atoms with Crippen molar-refractivity contribution in [2.75, 3.05) is 13.1 Å². The maximum Gasteiger partial charge on any atom is 0.246 e. The highest BCUT2D eigenvalue weighted by Crippen LogP contribution is 2.25. The molecule has 0 spiro atoms. The molecule has 0 radical (unpaired) electrons. The summed E-state index contributed by atoms with van der Waals surface area (Å²) in [6.07, 6.45) is 12.7. The Balaban J connectivity index is 2.67. The van der Waals surface area contributed by atoms with Crippen molar-refractivity contribution < 1.29 is 4.79 Å².